The first-order chi connectivity index (χ1) is 7.63. The van der Waals surface area contributed by atoms with Gasteiger partial charge in [-0.15, -0.1) is 0 Å². The lowest BCUT2D eigenvalue weighted by molar-refractivity contribution is -0.153. The summed E-state index contributed by atoms with van der Waals surface area (Å²) < 4.78 is 9.90. The van der Waals surface area contributed by atoms with Crippen molar-refractivity contribution in [2.24, 2.45) is 0 Å². The van der Waals surface area contributed by atoms with Crippen LogP contribution in [-0.2, 0) is 19.1 Å². The molecule has 5 heteroatoms. The van der Waals surface area contributed by atoms with E-state index in [9.17, 15) is 9.59 Å². The minimum Gasteiger partial charge on any atom is -0.466 e. The molecular weight excluding hydrogens is 228 g/mol. The van der Waals surface area contributed by atoms with Gasteiger partial charge in [0.15, 0.2) is 0 Å². The predicted molar refractivity (Wildman–Crippen MR) is 60.1 cm³/mol. The van der Waals surface area contributed by atoms with Crippen LogP contribution in [0.25, 0.3) is 0 Å². The van der Waals surface area contributed by atoms with E-state index in [2.05, 4.69) is 0 Å². The van der Waals surface area contributed by atoms with Crippen LogP contribution in [0.2, 0.25) is 0 Å². The van der Waals surface area contributed by atoms with Crippen LogP contribution in [0.4, 0.5) is 0 Å². The molecule has 0 saturated heterocycles. The molecule has 0 aromatic carbocycles. The standard InChI is InChI=1S/C11H14O4S/c1-3-14-11(13)6-10(15-8(2)12)9-4-5-16-7-9/h4-5,7,10H,3,6H2,1-2H3. The Labute approximate surface area is 98.2 Å². The fourth-order valence-corrected chi connectivity index (χ4v) is 1.96. The first kappa shape index (κ1) is 12.7. The second-order valence-corrected chi connectivity index (χ2v) is 3.94. The van der Waals surface area contributed by atoms with E-state index in [0.29, 0.717) is 6.61 Å². The molecule has 0 amide bonds. The van der Waals surface area contributed by atoms with Crippen LogP contribution in [-0.4, -0.2) is 18.5 Å². The zero-order valence-corrected chi connectivity index (χ0v) is 10.1. The lowest BCUT2D eigenvalue weighted by atomic mass is 10.1. The van der Waals surface area contributed by atoms with E-state index < -0.39 is 12.1 Å². The largest absolute Gasteiger partial charge is 0.466 e. The van der Waals surface area contributed by atoms with Crippen LogP contribution >= 0.6 is 11.3 Å². The fourth-order valence-electron chi connectivity index (χ4n) is 1.26. The third-order valence-corrected chi connectivity index (χ3v) is 2.58. The topological polar surface area (TPSA) is 52.6 Å². The Morgan fingerprint density at radius 1 is 1.50 bits per heavy atom. The van der Waals surface area contributed by atoms with Crippen molar-refractivity contribution in [3.05, 3.63) is 22.4 Å². The van der Waals surface area contributed by atoms with Gasteiger partial charge in [0, 0.05) is 12.5 Å². The maximum absolute atomic E-state index is 11.3. The number of carbonyl (C=O) groups is 2. The third kappa shape index (κ3) is 4.02. The van der Waals surface area contributed by atoms with Crippen molar-refractivity contribution in [1.82, 2.24) is 0 Å². The highest BCUT2D eigenvalue weighted by Gasteiger charge is 2.20. The molecule has 0 saturated carbocycles. The van der Waals surface area contributed by atoms with Crippen molar-refractivity contribution in [1.29, 1.82) is 0 Å². The molecule has 0 spiro atoms. The molecule has 1 aromatic rings. The smallest absolute Gasteiger partial charge is 0.309 e. The summed E-state index contributed by atoms with van der Waals surface area (Å²) in [4.78, 5) is 22.2. The number of rotatable bonds is 5. The summed E-state index contributed by atoms with van der Waals surface area (Å²) in [6.07, 6.45) is -0.479. The zero-order chi connectivity index (χ0) is 12.0. The average Bonchev–Trinajstić information content (AvgIpc) is 2.68. The number of esters is 2. The highest BCUT2D eigenvalue weighted by Crippen LogP contribution is 2.24. The molecule has 1 unspecified atom stereocenters. The highest BCUT2D eigenvalue weighted by molar-refractivity contribution is 7.07. The van der Waals surface area contributed by atoms with Crippen LogP contribution in [0.3, 0.4) is 0 Å². The van der Waals surface area contributed by atoms with Crippen molar-refractivity contribution >= 4 is 23.3 Å². The molecule has 0 aliphatic rings. The Morgan fingerprint density at radius 2 is 2.25 bits per heavy atom. The summed E-state index contributed by atoms with van der Waals surface area (Å²) in [5, 5.41) is 3.73. The number of ether oxygens (including phenoxy) is 2. The average molecular weight is 242 g/mol. The number of hydrogen-bond donors (Lipinski definition) is 0. The lowest BCUT2D eigenvalue weighted by Crippen LogP contribution is -2.14. The van der Waals surface area contributed by atoms with Crippen LogP contribution in [0.5, 0.6) is 0 Å². The first-order valence-electron chi connectivity index (χ1n) is 4.98. The molecule has 88 valence electrons. The molecule has 0 radical (unpaired) electrons. The molecule has 1 atom stereocenters. The number of hydrogen-bond acceptors (Lipinski definition) is 5. The molecule has 16 heavy (non-hydrogen) atoms. The minimum absolute atomic E-state index is 0.0597. The summed E-state index contributed by atoms with van der Waals surface area (Å²) in [5.41, 5.74) is 0.827. The van der Waals surface area contributed by atoms with Gasteiger partial charge in [-0.3, -0.25) is 9.59 Å². The Morgan fingerprint density at radius 3 is 2.75 bits per heavy atom. The van der Waals surface area contributed by atoms with Gasteiger partial charge in [-0.05, 0) is 23.8 Å². The van der Waals surface area contributed by atoms with Crippen molar-refractivity contribution in [3.8, 4) is 0 Å². The van der Waals surface area contributed by atoms with Crippen LogP contribution in [0.15, 0.2) is 16.8 Å². The van der Waals surface area contributed by atoms with Gasteiger partial charge in [-0.1, -0.05) is 0 Å². The number of carbonyl (C=O) groups excluding carboxylic acids is 2. The molecule has 0 aliphatic carbocycles. The van der Waals surface area contributed by atoms with E-state index in [0.717, 1.165) is 5.56 Å². The van der Waals surface area contributed by atoms with Gasteiger partial charge in [0.05, 0.1) is 13.0 Å². The predicted octanol–water partition coefficient (Wildman–Crippen LogP) is 2.31. The Hall–Kier alpha value is -1.36. The van der Waals surface area contributed by atoms with Crippen molar-refractivity contribution in [2.45, 2.75) is 26.4 Å². The van der Waals surface area contributed by atoms with E-state index >= 15 is 0 Å². The summed E-state index contributed by atoms with van der Waals surface area (Å²) >= 11 is 1.49. The molecule has 0 bridgehead atoms. The number of thiophene rings is 1. The molecule has 1 rings (SSSR count). The van der Waals surface area contributed by atoms with Gasteiger partial charge in [-0.2, -0.15) is 11.3 Å². The van der Waals surface area contributed by atoms with Crippen molar-refractivity contribution in [3.63, 3.8) is 0 Å². The van der Waals surface area contributed by atoms with E-state index in [4.69, 9.17) is 9.47 Å². The first-order valence-corrected chi connectivity index (χ1v) is 5.92. The van der Waals surface area contributed by atoms with E-state index in [-0.39, 0.29) is 12.4 Å². The normalized spacial score (nSPS) is 11.9. The third-order valence-electron chi connectivity index (χ3n) is 1.88. The van der Waals surface area contributed by atoms with E-state index in [1.807, 2.05) is 16.8 Å². The second kappa shape index (κ2) is 6.27. The van der Waals surface area contributed by atoms with Gasteiger partial charge in [0.25, 0.3) is 0 Å². The Kier molecular flexibility index (Phi) is 4.98. The van der Waals surface area contributed by atoms with Crippen LogP contribution < -0.4 is 0 Å². The summed E-state index contributed by atoms with van der Waals surface area (Å²) in [5.74, 6) is -0.763. The maximum atomic E-state index is 11.3. The van der Waals surface area contributed by atoms with Crippen LogP contribution in [0, 0.1) is 0 Å². The molecule has 1 heterocycles. The monoisotopic (exact) mass is 242 g/mol. The van der Waals surface area contributed by atoms with Gasteiger partial charge in [0.2, 0.25) is 0 Å². The summed E-state index contributed by atoms with van der Waals surface area (Å²) in [6.45, 7) is 3.39. The fraction of sp³-hybridized carbons (Fsp3) is 0.455. The zero-order valence-electron chi connectivity index (χ0n) is 9.26. The summed E-state index contributed by atoms with van der Waals surface area (Å²) in [7, 11) is 0. The van der Waals surface area contributed by atoms with Crippen molar-refractivity contribution < 1.29 is 19.1 Å². The minimum atomic E-state index is -0.539. The summed E-state index contributed by atoms with van der Waals surface area (Å²) in [6, 6.07) is 1.83. The molecule has 0 N–H and O–H groups in total. The van der Waals surface area contributed by atoms with Gasteiger partial charge in [-0.25, -0.2) is 0 Å². The maximum Gasteiger partial charge on any atom is 0.309 e. The van der Waals surface area contributed by atoms with Gasteiger partial charge in [0.1, 0.15) is 6.10 Å². The molecule has 4 nitrogen and oxygen atoms in total. The molecule has 1 aromatic heterocycles. The molecule has 0 fully saturated rings. The van der Waals surface area contributed by atoms with Gasteiger partial charge < -0.3 is 9.47 Å². The Balaban J connectivity index is 2.65. The molecule has 0 aliphatic heterocycles. The highest BCUT2D eigenvalue weighted by atomic mass is 32.1. The molecular formula is C11H14O4S. The van der Waals surface area contributed by atoms with Gasteiger partial charge >= 0.3 is 11.9 Å². The lowest BCUT2D eigenvalue weighted by Gasteiger charge is -2.14. The van der Waals surface area contributed by atoms with Crippen LogP contribution in [0.1, 0.15) is 31.9 Å². The quantitative estimate of drug-likeness (QED) is 0.743. The SMILES string of the molecule is CCOC(=O)CC(OC(C)=O)c1ccsc1. The van der Waals surface area contributed by atoms with Crippen molar-refractivity contribution in [2.75, 3.05) is 6.61 Å². The second-order valence-electron chi connectivity index (χ2n) is 3.16. The van der Waals surface area contributed by atoms with E-state index in [1.54, 1.807) is 6.92 Å². The van der Waals surface area contributed by atoms with E-state index in [1.165, 1.54) is 18.3 Å². The Bertz CT molecular complexity index is 345.